The first-order valence-corrected chi connectivity index (χ1v) is 9.83. The number of hydrogen-bond acceptors (Lipinski definition) is 3. The van der Waals surface area contributed by atoms with Gasteiger partial charge in [-0.25, -0.2) is 9.48 Å². The predicted octanol–water partition coefficient (Wildman–Crippen LogP) is 3.98. The Hall–Kier alpha value is -2.34. The van der Waals surface area contributed by atoms with Gasteiger partial charge in [-0.2, -0.15) is 5.10 Å². The maximum Gasteiger partial charge on any atom is 0.325 e. The van der Waals surface area contributed by atoms with Crippen LogP contribution in [-0.4, -0.2) is 32.2 Å². The van der Waals surface area contributed by atoms with Gasteiger partial charge in [0, 0.05) is 5.56 Å². The van der Waals surface area contributed by atoms with Gasteiger partial charge in [0.2, 0.25) is 0 Å². The van der Waals surface area contributed by atoms with Crippen LogP contribution in [0.25, 0.3) is 5.69 Å². The number of urea groups is 1. The largest absolute Gasteiger partial charge is 0.325 e. The number of carbonyl (C=O) groups is 2. The Kier molecular flexibility index (Phi) is 4.68. The molecular formula is C20H23ClN4O2. The van der Waals surface area contributed by atoms with Crippen LogP contribution in [0.3, 0.4) is 0 Å². The highest BCUT2D eigenvalue weighted by Gasteiger charge is 2.50. The third-order valence-electron chi connectivity index (χ3n) is 5.64. The number of hydrogen-bond donors (Lipinski definition) is 1. The number of rotatable bonds is 3. The number of benzene rings is 1. The molecule has 1 aromatic carbocycles. The van der Waals surface area contributed by atoms with Gasteiger partial charge in [0.05, 0.1) is 17.9 Å². The van der Waals surface area contributed by atoms with Crippen LogP contribution in [0.4, 0.5) is 4.79 Å². The molecule has 0 radical (unpaired) electrons. The number of nitrogens with one attached hydrogen (secondary N) is 1. The third-order valence-corrected chi connectivity index (χ3v) is 6.03. The van der Waals surface area contributed by atoms with Crippen molar-refractivity contribution >= 4 is 23.5 Å². The van der Waals surface area contributed by atoms with Crippen molar-refractivity contribution in [3.8, 4) is 5.69 Å². The summed E-state index contributed by atoms with van der Waals surface area (Å²) in [6.45, 7) is 1.99. The van der Waals surface area contributed by atoms with Crippen molar-refractivity contribution in [2.75, 3.05) is 0 Å². The predicted molar refractivity (Wildman–Crippen MR) is 103 cm³/mol. The molecule has 142 valence electrons. The summed E-state index contributed by atoms with van der Waals surface area (Å²) in [5.41, 5.74) is 1.53. The van der Waals surface area contributed by atoms with Crippen LogP contribution < -0.4 is 5.32 Å². The molecule has 2 heterocycles. The van der Waals surface area contributed by atoms with Crippen LogP contribution in [0.2, 0.25) is 5.15 Å². The molecule has 1 N–H and O–H groups in total. The number of imide groups is 1. The van der Waals surface area contributed by atoms with E-state index in [1.807, 2.05) is 37.3 Å². The summed E-state index contributed by atoms with van der Waals surface area (Å²) in [5.74, 6) is -0.127. The zero-order valence-electron chi connectivity index (χ0n) is 15.4. The van der Waals surface area contributed by atoms with Gasteiger partial charge in [0.25, 0.3) is 5.91 Å². The molecule has 0 atom stereocenters. The van der Waals surface area contributed by atoms with Crippen molar-refractivity contribution in [1.29, 1.82) is 0 Å². The standard InChI is InChI=1S/C20H23ClN4O2/c1-14-16(17(21)25(23-14)15-9-5-4-6-10-15)13-24-18(26)20(22-19(24)27)11-7-2-3-8-12-20/h4-6,9-10H,2-3,7-8,11-13H2,1H3,(H,22,27). The Labute approximate surface area is 163 Å². The molecule has 0 bridgehead atoms. The molecule has 2 fully saturated rings. The fourth-order valence-corrected chi connectivity index (χ4v) is 4.43. The Morgan fingerprint density at radius 2 is 1.78 bits per heavy atom. The summed E-state index contributed by atoms with van der Waals surface area (Å²) in [6, 6.07) is 9.25. The van der Waals surface area contributed by atoms with Gasteiger partial charge in [0.15, 0.2) is 0 Å². The molecule has 1 spiro atoms. The lowest BCUT2D eigenvalue weighted by Crippen LogP contribution is -2.46. The number of aryl methyl sites for hydroxylation is 1. The number of nitrogens with zero attached hydrogens (tertiary/aromatic N) is 3. The summed E-state index contributed by atoms with van der Waals surface area (Å²) in [4.78, 5) is 27.0. The summed E-state index contributed by atoms with van der Waals surface area (Å²) >= 11 is 6.57. The van der Waals surface area contributed by atoms with E-state index in [1.165, 1.54) is 4.90 Å². The zero-order valence-corrected chi connectivity index (χ0v) is 16.1. The first-order chi connectivity index (χ1) is 13.0. The second-order valence-electron chi connectivity index (χ2n) is 7.42. The Morgan fingerprint density at radius 3 is 2.44 bits per heavy atom. The molecule has 2 aliphatic rings. The number of amides is 3. The molecule has 1 aliphatic carbocycles. The van der Waals surface area contributed by atoms with Gasteiger partial charge in [0.1, 0.15) is 10.7 Å². The molecule has 27 heavy (non-hydrogen) atoms. The minimum atomic E-state index is -0.733. The van der Waals surface area contributed by atoms with Crippen LogP contribution >= 0.6 is 11.6 Å². The lowest BCUT2D eigenvalue weighted by atomic mass is 9.90. The Bertz CT molecular complexity index is 870. The summed E-state index contributed by atoms with van der Waals surface area (Å²) < 4.78 is 1.64. The fourth-order valence-electron chi connectivity index (χ4n) is 4.10. The topological polar surface area (TPSA) is 67.2 Å². The lowest BCUT2D eigenvalue weighted by molar-refractivity contribution is -0.132. The van der Waals surface area contributed by atoms with Crippen molar-refractivity contribution < 1.29 is 9.59 Å². The molecule has 1 aromatic heterocycles. The molecule has 1 saturated heterocycles. The van der Waals surface area contributed by atoms with Crippen LogP contribution in [0.1, 0.15) is 49.8 Å². The van der Waals surface area contributed by atoms with Crippen molar-refractivity contribution in [1.82, 2.24) is 20.0 Å². The molecule has 0 unspecified atom stereocenters. The third kappa shape index (κ3) is 3.12. The summed E-state index contributed by atoms with van der Waals surface area (Å²) in [5, 5.41) is 7.91. The maximum absolute atomic E-state index is 13.1. The normalized spacial score (nSPS) is 19.4. The number of carbonyl (C=O) groups excluding carboxylic acids is 2. The fraction of sp³-hybridized carbons (Fsp3) is 0.450. The van der Waals surface area contributed by atoms with Gasteiger partial charge >= 0.3 is 6.03 Å². The van der Waals surface area contributed by atoms with Crippen molar-refractivity contribution in [3.63, 3.8) is 0 Å². The first kappa shape index (κ1) is 18.0. The highest BCUT2D eigenvalue weighted by molar-refractivity contribution is 6.30. The highest BCUT2D eigenvalue weighted by atomic mass is 35.5. The van der Waals surface area contributed by atoms with Crippen molar-refractivity contribution in [3.05, 3.63) is 46.7 Å². The highest BCUT2D eigenvalue weighted by Crippen LogP contribution is 2.34. The molecule has 3 amide bonds. The molecule has 1 aliphatic heterocycles. The van der Waals surface area contributed by atoms with E-state index >= 15 is 0 Å². The van der Waals surface area contributed by atoms with Crippen molar-refractivity contribution in [2.45, 2.75) is 57.5 Å². The average Bonchev–Trinajstić information content (AvgIpc) is 2.95. The van der Waals surface area contributed by atoms with E-state index in [1.54, 1.807) is 4.68 Å². The van der Waals surface area contributed by atoms with Gasteiger partial charge in [-0.1, -0.05) is 55.5 Å². The Morgan fingerprint density at radius 1 is 1.11 bits per heavy atom. The van der Waals surface area contributed by atoms with Crippen LogP contribution in [0, 0.1) is 6.92 Å². The van der Waals surface area contributed by atoms with E-state index < -0.39 is 5.54 Å². The van der Waals surface area contributed by atoms with Crippen LogP contribution in [-0.2, 0) is 11.3 Å². The smallest absolute Gasteiger partial charge is 0.323 e. The van der Waals surface area contributed by atoms with E-state index in [2.05, 4.69) is 10.4 Å². The molecule has 4 rings (SSSR count). The first-order valence-electron chi connectivity index (χ1n) is 9.45. The second kappa shape index (κ2) is 7.00. The van der Waals surface area contributed by atoms with Gasteiger partial charge in [-0.05, 0) is 31.9 Å². The molecule has 2 aromatic rings. The zero-order chi connectivity index (χ0) is 19.0. The van der Waals surface area contributed by atoms with Gasteiger partial charge < -0.3 is 5.32 Å². The molecular weight excluding hydrogens is 364 g/mol. The minimum Gasteiger partial charge on any atom is -0.323 e. The van der Waals surface area contributed by atoms with Crippen LogP contribution in [0.5, 0.6) is 0 Å². The number of para-hydroxylation sites is 1. The number of aromatic nitrogens is 2. The molecule has 6 nitrogen and oxygen atoms in total. The second-order valence-corrected chi connectivity index (χ2v) is 7.78. The molecule has 1 saturated carbocycles. The van der Waals surface area contributed by atoms with E-state index in [-0.39, 0.29) is 18.5 Å². The van der Waals surface area contributed by atoms with E-state index in [9.17, 15) is 9.59 Å². The summed E-state index contributed by atoms with van der Waals surface area (Å²) in [7, 11) is 0. The van der Waals surface area contributed by atoms with E-state index in [0.717, 1.165) is 31.4 Å². The monoisotopic (exact) mass is 386 g/mol. The minimum absolute atomic E-state index is 0.127. The van der Waals surface area contributed by atoms with Gasteiger partial charge in [-0.15, -0.1) is 0 Å². The Balaban J connectivity index is 1.62. The van der Waals surface area contributed by atoms with Crippen LogP contribution in [0.15, 0.2) is 30.3 Å². The maximum atomic E-state index is 13.1. The van der Waals surface area contributed by atoms with Crippen molar-refractivity contribution in [2.24, 2.45) is 0 Å². The SMILES string of the molecule is Cc1nn(-c2ccccc2)c(Cl)c1CN1C(=O)NC2(CCCCCC2)C1=O. The van der Waals surface area contributed by atoms with E-state index in [0.29, 0.717) is 29.3 Å². The number of halogens is 1. The van der Waals surface area contributed by atoms with Gasteiger partial charge in [-0.3, -0.25) is 9.69 Å². The summed E-state index contributed by atoms with van der Waals surface area (Å²) in [6.07, 6.45) is 5.57. The lowest BCUT2D eigenvalue weighted by Gasteiger charge is -2.24. The quantitative estimate of drug-likeness (QED) is 0.811. The average molecular weight is 387 g/mol. The molecule has 7 heteroatoms. The van der Waals surface area contributed by atoms with E-state index in [4.69, 9.17) is 11.6 Å².